The van der Waals surface area contributed by atoms with Crippen LogP contribution in [0.2, 0.25) is 0 Å². The summed E-state index contributed by atoms with van der Waals surface area (Å²) in [5, 5.41) is 9.38. The molecule has 1 aromatic rings. The third kappa shape index (κ3) is 3.09. The molecule has 1 fully saturated rings. The number of amides is 1. The summed E-state index contributed by atoms with van der Waals surface area (Å²) in [6.07, 6.45) is 2.22. The number of hydrogen-bond acceptors (Lipinski definition) is 2. The highest BCUT2D eigenvalue weighted by molar-refractivity contribution is 5.96. The number of anilines is 1. The predicted molar refractivity (Wildman–Crippen MR) is 82.5 cm³/mol. The highest BCUT2D eigenvalue weighted by Crippen LogP contribution is 2.44. The van der Waals surface area contributed by atoms with Crippen LogP contribution in [0.3, 0.4) is 0 Å². The van der Waals surface area contributed by atoms with Crippen LogP contribution in [0.25, 0.3) is 0 Å². The molecule has 21 heavy (non-hydrogen) atoms. The molecule has 114 valence electrons. The van der Waals surface area contributed by atoms with Gasteiger partial charge in [0.25, 0.3) is 0 Å². The third-order valence-electron chi connectivity index (χ3n) is 4.39. The molecule has 4 heteroatoms. The maximum absolute atomic E-state index is 12.6. The Morgan fingerprint density at radius 3 is 2.14 bits per heavy atom. The van der Waals surface area contributed by atoms with Gasteiger partial charge in [-0.3, -0.25) is 9.59 Å². The van der Waals surface area contributed by atoms with Crippen molar-refractivity contribution in [2.75, 3.05) is 11.4 Å². The average Bonchev–Trinajstić information content (AvgIpc) is 2.33. The van der Waals surface area contributed by atoms with Gasteiger partial charge in [0.1, 0.15) is 0 Å². The third-order valence-corrected chi connectivity index (χ3v) is 4.39. The molecule has 0 radical (unpaired) electrons. The van der Waals surface area contributed by atoms with Crippen LogP contribution in [0.5, 0.6) is 0 Å². The zero-order valence-corrected chi connectivity index (χ0v) is 13.0. The van der Waals surface area contributed by atoms with Crippen LogP contribution in [0, 0.1) is 19.3 Å². The first-order valence-electron chi connectivity index (χ1n) is 7.50. The maximum Gasteiger partial charge on any atom is 0.310 e. The molecule has 2 rings (SSSR count). The Morgan fingerprint density at radius 1 is 1.19 bits per heavy atom. The molecule has 0 saturated heterocycles. The summed E-state index contributed by atoms with van der Waals surface area (Å²) in [7, 11) is 0. The van der Waals surface area contributed by atoms with Gasteiger partial charge < -0.3 is 10.0 Å². The van der Waals surface area contributed by atoms with E-state index in [0.29, 0.717) is 19.4 Å². The second-order valence-corrected chi connectivity index (χ2v) is 6.10. The van der Waals surface area contributed by atoms with Crippen LogP contribution in [-0.2, 0) is 9.59 Å². The van der Waals surface area contributed by atoms with Crippen molar-refractivity contribution >= 4 is 17.6 Å². The summed E-state index contributed by atoms with van der Waals surface area (Å²) in [6.45, 7) is 6.47. The molecule has 1 saturated carbocycles. The largest absolute Gasteiger partial charge is 0.481 e. The molecule has 4 nitrogen and oxygen atoms in total. The van der Waals surface area contributed by atoms with E-state index in [2.05, 4.69) is 6.07 Å². The Kier molecular flexibility index (Phi) is 4.35. The van der Waals surface area contributed by atoms with Gasteiger partial charge in [0.05, 0.1) is 5.41 Å². The fourth-order valence-corrected chi connectivity index (χ4v) is 3.06. The van der Waals surface area contributed by atoms with Crippen molar-refractivity contribution in [2.24, 2.45) is 5.41 Å². The Morgan fingerprint density at radius 2 is 1.76 bits per heavy atom. The van der Waals surface area contributed by atoms with Crippen molar-refractivity contribution < 1.29 is 14.7 Å². The first-order chi connectivity index (χ1) is 9.88. The second kappa shape index (κ2) is 5.88. The fourth-order valence-electron chi connectivity index (χ4n) is 3.06. The molecule has 0 spiro atoms. The van der Waals surface area contributed by atoms with Crippen molar-refractivity contribution in [3.63, 3.8) is 0 Å². The van der Waals surface area contributed by atoms with Crippen LogP contribution < -0.4 is 4.90 Å². The summed E-state index contributed by atoms with van der Waals surface area (Å²) in [5.74, 6) is -0.928. The van der Waals surface area contributed by atoms with Crippen molar-refractivity contribution in [2.45, 2.75) is 46.5 Å². The van der Waals surface area contributed by atoms with Gasteiger partial charge in [0.15, 0.2) is 0 Å². The molecule has 0 bridgehead atoms. The van der Waals surface area contributed by atoms with Crippen LogP contribution in [0.15, 0.2) is 18.2 Å². The van der Waals surface area contributed by atoms with E-state index in [1.807, 2.05) is 32.9 Å². The van der Waals surface area contributed by atoms with Gasteiger partial charge in [-0.05, 0) is 56.9 Å². The lowest BCUT2D eigenvalue weighted by atomic mass is 9.66. The van der Waals surface area contributed by atoms with E-state index in [4.69, 9.17) is 0 Å². The van der Waals surface area contributed by atoms with Crippen molar-refractivity contribution in [3.8, 4) is 0 Å². The fraction of sp³-hybridized carbons (Fsp3) is 0.529. The summed E-state index contributed by atoms with van der Waals surface area (Å²) in [4.78, 5) is 25.7. The highest BCUT2D eigenvalue weighted by atomic mass is 16.4. The van der Waals surface area contributed by atoms with Gasteiger partial charge in [-0.15, -0.1) is 0 Å². The van der Waals surface area contributed by atoms with Gasteiger partial charge in [-0.2, -0.15) is 0 Å². The summed E-state index contributed by atoms with van der Waals surface area (Å²) >= 11 is 0. The molecule has 0 aliphatic heterocycles. The van der Waals surface area contributed by atoms with E-state index in [1.54, 1.807) is 4.90 Å². The van der Waals surface area contributed by atoms with Gasteiger partial charge >= 0.3 is 5.97 Å². The number of carbonyl (C=O) groups excluding carboxylic acids is 1. The number of carbonyl (C=O) groups is 2. The molecule has 1 aliphatic rings. The van der Waals surface area contributed by atoms with E-state index < -0.39 is 11.4 Å². The van der Waals surface area contributed by atoms with E-state index >= 15 is 0 Å². The minimum atomic E-state index is -0.835. The molecule has 0 heterocycles. The summed E-state index contributed by atoms with van der Waals surface area (Å²) in [6, 6.07) is 6.01. The monoisotopic (exact) mass is 289 g/mol. The molecule has 0 atom stereocenters. The molecule has 1 N–H and O–H groups in total. The minimum absolute atomic E-state index is 0.0930. The maximum atomic E-state index is 12.6. The number of aliphatic carboxylic acids is 1. The first kappa shape index (κ1) is 15.5. The molecule has 0 unspecified atom stereocenters. The van der Waals surface area contributed by atoms with E-state index in [9.17, 15) is 14.7 Å². The highest BCUT2D eigenvalue weighted by Gasteiger charge is 2.46. The molecule has 0 aromatic heterocycles. The molecular weight excluding hydrogens is 266 g/mol. The number of carboxylic acid groups (broad SMARTS) is 1. The molecule has 1 aliphatic carbocycles. The number of benzene rings is 1. The number of hydrogen-bond donors (Lipinski definition) is 1. The normalized spacial score (nSPS) is 16.1. The van der Waals surface area contributed by atoms with Gasteiger partial charge in [0, 0.05) is 18.7 Å². The number of carboxylic acids is 1. The number of aryl methyl sites for hydroxylation is 2. The van der Waals surface area contributed by atoms with Crippen LogP contribution in [0.4, 0.5) is 5.69 Å². The predicted octanol–water partition coefficient (Wildman–Crippen LogP) is 3.30. The van der Waals surface area contributed by atoms with Crippen molar-refractivity contribution in [1.29, 1.82) is 0 Å². The zero-order valence-electron chi connectivity index (χ0n) is 13.0. The van der Waals surface area contributed by atoms with Crippen LogP contribution in [0.1, 0.15) is 43.7 Å². The lowest BCUT2D eigenvalue weighted by molar-refractivity contribution is -0.157. The van der Waals surface area contributed by atoms with Gasteiger partial charge in [0.2, 0.25) is 5.91 Å². The van der Waals surface area contributed by atoms with E-state index in [1.165, 1.54) is 0 Å². The van der Waals surface area contributed by atoms with E-state index in [-0.39, 0.29) is 12.3 Å². The summed E-state index contributed by atoms with van der Waals surface area (Å²) < 4.78 is 0. The minimum Gasteiger partial charge on any atom is -0.481 e. The topological polar surface area (TPSA) is 57.6 Å². The quantitative estimate of drug-likeness (QED) is 0.904. The Labute approximate surface area is 125 Å². The van der Waals surface area contributed by atoms with Crippen molar-refractivity contribution in [1.82, 2.24) is 0 Å². The zero-order chi connectivity index (χ0) is 15.6. The summed E-state index contributed by atoms with van der Waals surface area (Å²) in [5.41, 5.74) is 2.24. The lowest BCUT2D eigenvalue weighted by Gasteiger charge is -2.38. The molecule has 1 amide bonds. The molecule has 1 aromatic carbocycles. The van der Waals surface area contributed by atoms with Gasteiger partial charge in [-0.25, -0.2) is 0 Å². The van der Waals surface area contributed by atoms with E-state index in [0.717, 1.165) is 23.2 Å². The second-order valence-electron chi connectivity index (χ2n) is 6.10. The SMILES string of the molecule is CCN(C(=O)CC1(C(=O)O)CCC1)c1cc(C)cc(C)c1. The Hall–Kier alpha value is -1.84. The molecular formula is C17H23NO3. The number of nitrogens with zero attached hydrogens (tertiary/aromatic N) is 1. The average molecular weight is 289 g/mol. The smallest absolute Gasteiger partial charge is 0.310 e. The van der Waals surface area contributed by atoms with Crippen molar-refractivity contribution in [3.05, 3.63) is 29.3 Å². The van der Waals surface area contributed by atoms with Gasteiger partial charge in [-0.1, -0.05) is 12.5 Å². The standard InChI is InChI=1S/C17H23NO3/c1-4-18(14-9-12(2)8-13(3)10-14)15(19)11-17(16(20)21)6-5-7-17/h8-10H,4-7,11H2,1-3H3,(H,20,21). The van der Waals surface area contributed by atoms with Crippen LogP contribution >= 0.6 is 0 Å². The number of rotatable bonds is 5. The van der Waals surface area contributed by atoms with Crippen LogP contribution in [-0.4, -0.2) is 23.5 Å². The first-order valence-corrected chi connectivity index (χ1v) is 7.50. The lowest BCUT2D eigenvalue weighted by Crippen LogP contribution is -2.44. The Balaban J connectivity index is 2.20. The Bertz CT molecular complexity index is 541.